The van der Waals surface area contributed by atoms with Crippen LogP contribution in [0.2, 0.25) is 0 Å². The zero-order chi connectivity index (χ0) is 39.0. The lowest BCUT2D eigenvalue weighted by Gasteiger charge is -2.32. The highest BCUT2D eigenvalue weighted by Gasteiger charge is 2.36. The highest BCUT2D eigenvalue weighted by atomic mass is 16.2. The molecule has 0 fully saturated rings. The van der Waals surface area contributed by atoms with Crippen LogP contribution in [0.5, 0.6) is 0 Å². The highest BCUT2D eigenvalue weighted by Crippen LogP contribution is 2.35. The van der Waals surface area contributed by atoms with E-state index in [0.29, 0.717) is 33.6 Å². The van der Waals surface area contributed by atoms with Gasteiger partial charge in [-0.2, -0.15) is 0 Å². The monoisotopic (exact) mass is 732 g/mol. The predicted octanol–water partition coefficient (Wildman–Crippen LogP) is 10.8. The zero-order valence-electron chi connectivity index (χ0n) is 31.2. The average Bonchev–Trinajstić information content (AvgIpc) is 3.26. The molecule has 0 unspecified atom stereocenters. The number of carbonyl (C=O) groups is 4. The molecule has 0 aliphatic carbocycles. The second-order valence-electron chi connectivity index (χ2n) is 13.7. The molecule has 0 aliphatic rings. The summed E-state index contributed by atoms with van der Waals surface area (Å²) in [5, 5.41) is 0. The van der Waals surface area contributed by atoms with Crippen LogP contribution in [0.3, 0.4) is 0 Å². The molecule has 0 radical (unpaired) electrons. The average molecular weight is 733 g/mol. The van der Waals surface area contributed by atoms with E-state index in [2.05, 4.69) is 0 Å². The number of nitrogens with zero attached hydrogens (tertiary/aromatic N) is 2. The third kappa shape index (κ3) is 8.00. The first-order valence-electron chi connectivity index (χ1n) is 18.5. The van der Waals surface area contributed by atoms with Crippen molar-refractivity contribution < 1.29 is 19.2 Å². The molecule has 274 valence electrons. The van der Waals surface area contributed by atoms with Crippen LogP contribution in [-0.4, -0.2) is 23.4 Å². The minimum atomic E-state index is -0.984. The Morgan fingerprint density at radius 2 is 0.625 bits per heavy atom. The molecular weight excluding hydrogens is 693 g/mol. The molecule has 56 heavy (non-hydrogen) atoms. The summed E-state index contributed by atoms with van der Waals surface area (Å²) in [4.78, 5) is 61.5. The molecule has 6 heteroatoms. The third-order valence-electron chi connectivity index (χ3n) is 9.80. The molecule has 6 nitrogen and oxygen atoms in total. The topological polar surface area (TPSA) is 74.8 Å². The van der Waals surface area contributed by atoms with Gasteiger partial charge in [-0.05, 0) is 73.5 Å². The van der Waals surface area contributed by atoms with Gasteiger partial charge in [0.25, 0.3) is 11.8 Å². The maximum atomic E-state index is 14.8. The van der Waals surface area contributed by atoms with Gasteiger partial charge in [-0.15, -0.1) is 0 Å². The van der Waals surface area contributed by atoms with Gasteiger partial charge < -0.3 is 0 Å². The van der Waals surface area contributed by atoms with Gasteiger partial charge in [0.05, 0.1) is 0 Å². The van der Waals surface area contributed by atoms with E-state index < -0.39 is 23.9 Å². The van der Waals surface area contributed by atoms with E-state index in [0.717, 1.165) is 11.1 Å². The molecule has 0 aliphatic heterocycles. The maximum absolute atomic E-state index is 14.8. The number of benzene rings is 7. The van der Waals surface area contributed by atoms with Crippen LogP contribution in [0.15, 0.2) is 194 Å². The zero-order valence-corrected chi connectivity index (χ0v) is 31.2. The molecule has 7 rings (SSSR count). The normalized spacial score (nSPS) is 11.9. The number of hydrogen-bond acceptors (Lipinski definition) is 4. The first-order chi connectivity index (χ1) is 27.3. The van der Waals surface area contributed by atoms with Crippen molar-refractivity contribution in [2.45, 2.75) is 25.9 Å². The van der Waals surface area contributed by atoms with E-state index >= 15 is 0 Å². The summed E-state index contributed by atoms with van der Waals surface area (Å²) in [6.07, 6.45) is 0. The maximum Gasteiger partial charge on any atom is 0.259 e. The van der Waals surface area contributed by atoms with E-state index in [4.69, 9.17) is 0 Å². The van der Waals surface area contributed by atoms with Crippen molar-refractivity contribution in [1.82, 2.24) is 0 Å². The van der Waals surface area contributed by atoms with Gasteiger partial charge in [-0.1, -0.05) is 157 Å². The molecule has 0 aromatic heterocycles. The molecule has 0 saturated heterocycles. The van der Waals surface area contributed by atoms with Crippen LogP contribution in [0.25, 0.3) is 0 Å². The summed E-state index contributed by atoms with van der Waals surface area (Å²) in [6, 6.07) is 55.9. The molecule has 2 atom stereocenters. The standard InChI is InChI=1S/C50H40N2O4/c1-35-23-31-43(32-24-35)51(45(37-15-7-3-8-16-37)47(53)39-19-11-5-12-20-39)49(55)41-27-29-42(30-28-41)50(56)52(44-33-25-36(2)26-34-44)46(38-17-9-4-10-18-38)48(54)40-21-13-6-14-22-40/h3-34,45-46H,1-2H3/t45-,46+. The predicted molar refractivity (Wildman–Crippen MR) is 222 cm³/mol. The molecule has 0 spiro atoms. The molecule has 0 bridgehead atoms. The van der Waals surface area contributed by atoms with Crippen LogP contribution in [0.1, 0.15) is 75.8 Å². The molecule has 7 aromatic carbocycles. The Bertz CT molecular complexity index is 2260. The second-order valence-corrected chi connectivity index (χ2v) is 13.7. The lowest BCUT2D eigenvalue weighted by molar-refractivity contribution is 0.0894. The van der Waals surface area contributed by atoms with Crippen LogP contribution >= 0.6 is 0 Å². The summed E-state index contributed by atoms with van der Waals surface area (Å²) < 4.78 is 0. The van der Waals surface area contributed by atoms with Crippen LogP contribution in [-0.2, 0) is 0 Å². The summed E-state index contributed by atoms with van der Waals surface area (Å²) >= 11 is 0. The Labute approximate surface area is 327 Å². The van der Waals surface area contributed by atoms with Gasteiger partial charge >= 0.3 is 0 Å². The van der Waals surface area contributed by atoms with Gasteiger partial charge in [0, 0.05) is 33.6 Å². The van der Waals surface area contributed by atoms with E-state index in [1.54, 1.807) is 72.8 Å². The first kappa shape index (κ1) is 37.1. The summed E-state index contributed by atoms with van der Waals surface area (Å²) in [7, 11) is 0. The van der Waals surface area contributed by atoms with Crippen molar-refractivity contribution in [3.8, 4) is 0 Å². The van der Waals surface area contributed by atoms with Crippen LogP contribution in [0.4, 0.5) is 11.4 Å². The number of ketones is 2. The Morgan fingerprint density at radius 3 is 0.929 bits per heavy atom. The molecule has 0 saturated carbocycles. The van der Waals surface area contributed by atoms with E-state index in [1.807, 2.05) is 135 Å². The lowest BCUT2D eigenvalue weighted by atomic mass is 9.93. The number of Topliss-reactive ketones (excluding diaryl/α,β-unsaturated/α-hetero) is 2. The van der Waals surface area contributed by atoms with E-state index in [9.17, 15) is 19.2 Å². The summed E-state index contributed by atoms with van der Waals surface area (Å²) in [6.45, 7) is 3.93. The number of carbonyl (C=O) groups excluding carboxylic acids is 4. The van der Waals surface area contributed by atoms with E-state index in [1.165, 1.54) is 9.80 Å². The van der Waals surface area contributed by atoms with Crippen molar-refractivity contribution in [3.63, 3.8) is 0 Å². The largest absolute Gasteiger partial charge is 0.293 e. The van der Waals surface area contributed by atoms with Crippen molar-refractivity contribution in [2.75, 3.05) is 9.80 Å². The van der Waals surface area contributed by atoms with Gasteiger partial charge in [0.2, 0.25) is 0 Å². The van der Waals surface area contributed by atoms with Crippen molar-refractivity contribution in [2.24, 2.45) is 0 Å². The number of rotatable bonds is 12. The quantitative estimate of drug-likeness (QED) is 0.117. The van der Waals surface area contributed by atoms with Crippen LogP contribution < -0.4 is 9.80 Å². The van der Waals surface area contributed by atoms with Gasteiger partial charge in [-0.25, -0.2) is 0 Å². The Morgan fingerprint density at radius 1 is 0.339 bits per heavy atom. The van der Waals surface area contributed by atoms with Crippen molar-refractivity contribution in [1.29, 1.82) is 0 Å². The third-order valence-corrected chi connectivity index (χ3v) is 9.80. The highest BCUT2D eigenvalue weighted by molar-refractivity contribution is 6.15. The molecule has 0 heterocycles. The smallest absolute Gasteiger partial charge is 0.259 e. The number of aryl methyl sites for hydroxylation is 2. The second kappa shape index (κ2) is 16.9. The van der Waals surface area contributed by atoms with E-state index in [-0.39, 0.29) is 22.7 Å². The molecular formula is C50H40N2O4. The fraction of sp³-hybridized carbons (Fsp3) is 0.0800. The molecule has 7 aromatic rings. The first-order valence-corrected chi connectivity index (χ1v) is 18.5. The Kier molecular flexibility index (Phi) is 11.2. The van der Waals surface area contributed by atoms with Crippen LogP contribution in [0, 0.1) is 13.8 Å². The molecule has 0 N–H and O–H groups in total. The van der Waals surface area contributed by atoms with Gasteiger partial charge in [0.1, 0.15) is 12.1 Å². The number of amides is 2. The van der Waals surface area contributed by atoms with Crippen molar-refractivity contribution >= 4 is 34.8 Å². The SMILES string of the molecule is Cc1ccc(N(C(=O)c2ccc(C(=O)N(c3ccc(C)cc3)[C@@H](C(=O)c3ccccc3)c3ccccc3)cc2)[C@H](C(=O)c2ccccc2)c2ccccc2)cc1. The minimum absolute atomic E-state index is 0.235. The fourth-order valence-corrected chi connectivity index (χ4v) is 6.84. The molecule has 2 amide bonds. The van der Waals surface area contributed by atoms with Gasteiger partial charge in [-0.3, -0.25) is 29.0 Å². The number of hydrogen-bond donors (Lipinski definition) is 0. The Hall–Kier alpha value is -7.18. The Balaban J connectivity index is 1.30. The summed E-state index contributed by atoms with van der Waals surface area (Å²) in [5.41, 5.74) is 5.94. The summed E-state index contributed by atoms with van der Waals surface area (Å²) in [5.74, 6) is -1.30. The minimum Gasteiger partial charge on any atom is -0.293 e. The van der Waals surface area contributed by atoms with Crippen molar-refractivity contribution in [3.05, 3.63) is 239 Å². The van der Waals surface area contributed by atoms with Gasteiger partial charge in [0.15, 0.2) is 11.6 Å². The number of anilines is 2. The fourth-order valence-electron chi connectivity index (χ4n) is 6.84. The lowest BCUT2D eigenvalue weighted by Crippen LogP contribution is -2.40.